The number of alkyl halides is 1. The summed E-state index contributed by atoms with van der Waals surface area (Å²) in [5.41, 5.74) is 0.657. The van der Waals surface area contributed by atoms with Crippen LogP contribution < -0.4 is 0 Å². The molecule has 2 unspecified atom stereocenters. The van der Waals surface area contributed by atoms with Gasteiger partial charge in [0.2, 0.25) is 0 Å². The van der Waals surface area contributed by atoms with Crippen molar-refractivity contribution in [1.82, 2.24) is 0 Å². The van der Waals surface area contributed by atoms with Crippen molar-refractivity contribution in [2.45, 2.75) is 29.9 Å². The zero-order valence-corrected chi connectivity index (χ0v) is 11.5. The van der Waals surface area contributed by atoms with E-state index in [1.807, 2.05) is 6.07 Å². The van der Waals surface area contributed by atoms with Crippen LogP contribution in [0.4, 0.5) is 0 Å². The van der Waals surface area contributed by atoms with Gasteiger partial charge in [0.1, 0.15) is 10.6 Å². The van der Waals surface area contributed by atoms with Gasteiger partial charge in [0.05, 0.1) is 5.75 Å². The highest BCUT2D eigenvalue weighted by Crippen LogP contribution is 2.29. The third-order valence-electron chi connectivity index (χ3n) is 3.24. The maximum atomic E-state index is 12.2. The molecular weight excluding hydrogens is 272 g/mol. The molecule has 0 spiro atoms. The quantitative estimate of drug-likeness (QED) is 0.802. The molecule has 5 heteroatoms. The number of Topliss-reactive ketones (excluding diaryl/α,β-unsaturated/α-hetero) is 1. The van der Waals surface area contributed by atoms with Crippen molar-refractivity contribution >= 4 is 27.2 Å². The summed E-state index contributed by atoms with van der Waals surface area (Å²) >= 11 is 6.10. The van der Waals surface area contributed by atoms with Gasteiger partial charge in [-0.1, -0.05) is 36.8 Å². The van der Waals surface area contributed by atoms with E-state index >= 15 is 0 Å². The van der Waals surface area contributed by atoms with Crippen LogP contribution in [0.5, 0.6) is 0 Å². The number of hydrogen-bond donors (Lipinski definition) is 0. The fourth-order valence-corrected chi connectivity index (χ4v) is 4.50. The zero-order chi connectivity index (χ0) is 13.2. The fourth-order valence-electron chi connectivity index (χ4n) is 2.22. The second-order valence-corrected chi connectivity index (χ2v) is 7.27. The second kappa shape index (κ2) is 5.41. The molecule has 0 amide bonds. The average Bonchev–Trinajstić information content (AvgIpc) is 2.37. The summed E-state index contributed by atoms with van der Waals surface area (Å²) in [6.45, 7) is 0. The standard InChI is InChI=1S/C13H15ClO3S/c14-12(10-6-2-1-3-7-10)13(15)11-8-4-5-9-18(11,16)17/h1-3,6-7,11-12H,4-5,8-9H2. The van der Waals surface area contributed by atoms with E-state index in [9.17, 15) is 13.2 Å². The van der Waals surface area contributed by atoms with Crippen molar-refractivity contribution in [3.05, 3.63) is 35.9 Å². The molecule has 1 heterocycles. The minimum atomic E-state index is -3.31. The van der Waals surface area contributed by atoms with Crippen LogP contribution in [0.3, 0.4) is 0 Å². The van der Waals surface area contributed by atoms with Crippen LogP contribution in [-0.4, -0.2) is 25.2 Å². The number of rotatable bonds is 3. The highest BCUT2D eigenvalue weighted by molar-refractivity contribution is 7.92. The molecule has 2 atom stereocenters. The Balaban J connectivity index is 2.21. The molecule has 0 aliphatic carbocycles. The second-order valence-electron chi connectivity index (χ2n) is 4.53. The summed E-state index contributed by atoms with van der Waals surface area (Å²) in [5.74, 6) is -0.287. The number of carbonyl (C=O) groups excluding carboxylic acids is 1. The Morgan fingerprint density at radius 3 is 2.50 bits per heavy atom. The molecular formula is C13H15ClO3S. The molecule has 1 aromatic carbocycles. The first-order valence-corrected chi connectivity index (χ1v) is 8.12. The average molecular weight is 287 g/mol. The summed E-state index contributed by atoms with van der Waals surface area (Å²) in [6.07, 6.45) is 1.82. The third kappa shape index (κ3) is 2.75. The molecule has 2 rings (SSSR count). The van der Waals surface area contributed by atoms with Crippen LogP contribution in [0, 0.1) is 0 Å². The van der Waals surface area contributed by atoms with E-state index in [1.54, 1.807) is 24.3 Å². The van der Waals surface area contributed by atoms with Gasteiger partial charge in [0.25, 0.3) is 0 Å². The van der Waals surface area contributed by atoms with Crippen molar-refractivity contribution in [2.24, 2.45) is 0 Å². The molecule has 1 saturated heterocycles. The minimum absolute atomic E-state index is 0.0990. The lowest BCUT2D eigenvalue weighted by molar-refractivity contribution is -0.118. The third-order valence-corrected chi connectivity index (χ3v) is 5.90. The summed E-state index contributed by atoms with van der Waals surface area (Å²) in [5, 5.41) is -1.79. The van der Waals surface area contributed by atoms with Crippen molar-refractivity contribution in [1.29, 1.82) is 0 Å². The lowest BCUT2D eigenvalue weighted by atomic mass is 10.0. The molecule has 0 radical (unpaired) electrons. The Hall–Kier alpha value is -0.870. The van der Waals surface area contributed by atoms with Gasteiger partial charge in [0, 0.05) is 0 Å². The van der Waals surface area contributed by atoms with Crippen molar-refractivity contribution < 1.29 is 13.2 Å². The highest BCUT2D eigenvalue weighted by Gasteiger charge is 2.38. The minimum Gasteiger partial charge on any atom is -0.296 e. The van der Waals surface area contributed by atoms with Crippen LogP contribution in [0.1, 0.15) is 30.2 Å². The fraction of sp³-hybridized carbons (Fsp3) is 0.462. The van der Waals surface area contributed by atoms with Crippen molar-refractivity contribution in [3.8, 4) is 0 Å². The zero-order valence-electron chi connectivity index (χ0n) is 9.88. The summed E-state index contributed by atoms with van der Waals surface area (Å²) < 4.78 is 23.8. The van der Waals surface area contributed by atoms with Gasteiger partial charge in [-0.15, -0.1) is 11.6 Å². The Labute approximate surface area is 112 Å². The Bertz CT molecular complexity index is 524. The van der Waals surface area contributed by atoms with Crippen LogP contribution in [0.15, 0.2) is 30.3 Å². The summed E-state index contributed by atoms with van der Waals surface area (Å²) in [6, 6.07) is 8.88. The first kappa shape index (κ1) is 13.6. The van der Waals surface area contributed by atoms with E-state index in [0.29, 0.717) is 18.4 Å². The molecule has 1 aliphatic rings. The Kier molecular flexibility index (Phi) is 4.07. The van der Waals surface area contributed by atoms with Crippen LogP contribution in [-0.2, 0) is 14.6 Å². The van der Waals surface area contributed by atoms with E-state index in [1.165, 1.54) is 0 Å². The van der Waals surface area contributed by atoms with Gasteiger partial charge in [-0.25, -0.2) is 8.42 Å². The molecule has 98 valence electrons. The van der Waals surface area contributed by atoms with E-state index in [4.69, 9.17) is 11.6 Å². The summed E-state index contributed by atoms with van der Waals surface area (Å²) in [7, 11) is -3.31. The van der Waals surface area contributed by atoms with Gasteiger partial charge < -0.3 is 0 Å². The van der Waals surface area contributed by atoms with Crippen LogP contribution in [0.2, 0.25) is 0 Å². The number of halogens is 1. The summed E-state index contributed by atoms with van der Waals surface area (Å²) in [4.78, 5) is 12.2. The van der Waals surface area contributed by atoms with Gasteiger partial charge >= 0.3 is 0 Å². The molecule has 0 saturated carbocycles. The lowest BCUT2D eigenvalue weighted by Gasteiger charge is -2.23. The predicted octanol–water partition coefficient (Wildman–Crippen LogP) is 2.50. The first-order chi connectivity index (χ1) is 8.52. The molecule has 3 nitrogen and oxygen atoms in total. The van der Waals surface area contributed by atoms with E-state index in [-0.39, 0.29) is 11.5 Å². The number of hydrogen-bond acceptors (Lipinski definition) is 3. The SMILES string of the molecule is O=C(C(Cl)c1ccccc1)C1CCCCS1(=O)=O. The Morgan fingerprint density at radius 2 is 1.89 bits per heavy atom. The van der Waals surface area contributed by atoms with Crippen LogP contribution >= 0.6 is 11.6 Å². The van der Waals surface area contributed by atoms with E-state index in [0.717, 1.165) is 6.42 Å². The largest absolute Gasteiger partial charge is 0.296 e. The van der Waals surface area contributed by atoms with Crippen molar-refractivity contribution in [3.63, 3.8) is 0 Å². The van der Waals surface area contributed by atoms with E-state index < -0.39 is 20.5 Å². The molecule has 0 bridgehead atoms. The molecule has 0 N–H and O–H groups in total. The predicted molar refractivity (Wildman–Crippen MR) is 71.5 cm³/mol. The molecule has 1 aromatic rings. The number of sulfone groups is 1. The smallest absolute Gasteiger partial charge is 0.173 e. The lowest BCUT2D eigenvalue weighted by Crippen LogP contribution is -2.37. The van der Waals surface area contributed by atoms with Gasteiger partial charge in [-0.05, 0) is 18.4 Å². The maximum Gasteiger partial charge on any atom is 0.173 e. The maximum absolute atomic E-state index is 12.2. The monoisotopic (exact) mass is 286 g/mol. The van der Waals surface area contributed by atoms with Gasteiger partial charge in [-0.2, -0.15) is 0 Å². The molecule has 1 aliphatic heterocycles. The number of ketones is 1. The number of carbonyl (C=O) groups is 1. The molecule has 1 fully saturated rings. The van der Waals surface area contributed by atoms with Gasteiger partial charge in [-0.3, -0.25) is 4.79 Å². The first-order valence-electron chi connectivity index (χ1n) is 5.97. The van der Waals surface area contributed by atoms with Crippen LogP contribution in [0.25, 0.3) is 0 Å². The Morgan fingerprint density at radius 1 is 1.22 bits per heavy atom. The highest BCUT2D eigenvalue weighted by atomic mass is 35.5. The van der Waals surface area contributed by atoms with E-state index in [2.05, 4.69) is 0 Å². The molecule has 18 heavy (non-hydrogen) atoms. The van der Waals surface area contributed by atoms with Gasteiger partial charge in [0.15, 0.2) is 15.6 Å². The number of benzene rings is 1. The topological polar surface area (TPSA) is 51.2 Å². The van der Waals surface area contributed by atoms with Crippen molar-refractivity contribution in [2.75, 3.05) is 5.75 Å². The molecule has 0 aromatic heterocycles. The normalized spacial score (nSPS) is 24.4.